The molecule has 17 N–H and O–H groups in total. The zero-order valence-electron chi connectivity index (χ0n) is 29.6. The molecule has 6 amide bonds. The van der Waals surface area contributed by atoms with Crippen molar-refractivity contribution < 1.29 is 58.5 Å². The molecule has 0 spiro atoms. The fourth-order valence-corrected chi connectivity index (χ4v) is 4.93. The van der Waals surface area contributed by atoms with Gasteiger partial charge in [0.2, 0.25) is 35.4 Å². The molecule has 1 aromatic rings. The Kier molecular flexibility index (Phi) is 21.1. The lowest BCUT2D eigenvalue weighted by atomic mass is 10.0. The van der Waals surface area contributed by atoms with Crippen LogP contribution in [0.25, 0.3) is 0 Å². The van der Waals surface area contributed by atoms with Crippen molar-refractivity contribution in [1.82, 2.24) is 36.6 Å². The minimum absolute atomic E-state index is 0.0106. The Morgan fingerprint density at radius 2 is 1.09 bits per heavy atom. The van der Waals surface area contributed by atoms with E-state index in [2.05, 4.69) is 36.6 Å². The predicted molar refractivity (Wildman–Crippen MR) is 186 cm³/mol. The van der Waals surface area contributed by atoms with E-state index in [0.29, 0.717) is 25.0 Å². The van der Waals surface area contributed by atoms with Gasteiger partial charge in [0.25, 0.3) is 0 Å². The molecule has 6 atom stereocenters. The van der Waals surface area contributed by atoms with Crippen molar-refractivity contribution in [2.45, 2.75) is 107 Å². The summed E-state index contributed by atoms with van der Waals surface area (Å²) in [6.45, 7) is 0.512. The molecule has 1 heterocycles. The van der Waals surface area contributed by atoms with Crippen molar-refractivity contribution >= 4 is 53.4 Å². The highest BCUT2D eigenvalue weighted by atomic mass is 16.4. The largest absolute Gasteiger partial charge is 0.481 e. The summed E-state index contributed by atoms with van der Waals surface area (Å²) in [6.07, 6.45) is 1.23. The van der Waals surface area contributed by atoms with Crippen LogP contribution in [-0.4, -0.2) is 128 Å². The Morgan fingerprint density at radius 3 is 1.59 bits per heavy atom. The van der Waals surface area contributed by atoms with E-state index in [-0.39, 0.29) is 45.2 Å². The van der Waals surface area contributed by atoms with Crippen molar-refractivity contribution in [3.8, 4) is 0 Å². The van der Waals surface area contributed by atoms with Crippen molar-refractivity contribution in [3.05, 3.63) is 18.2 Å². The van der Waals surface area contributed by atoms with Crippen LogP contribution < -0.4 is 49.5 Å². The summed E-state index contributed by atoms with van der Waals surface area (Å²) >= 11 is 0. The molecule has 54 heavy (non-hydrogen) atoms. The lowest BCUT2D eigenvalue weighted by Gasteiger charge is -2.26. The molecule has 23 heteroatoms. The van der Waals surface area contributed by atoms with Gasteiger partial charge in [-0.25, -0.2) is 9.78 Å². The average Bonchev–Trinajstić information content (AvgIpc) is 3.61. The number of aromatic amines is 1. The normalized spacial score (nSPS) is 14.2. The molecule has 0 saturated carbocycles. The van der Waals surface area contributed by atoms with E-state index in [4.69, 9.17) is 28.0 Å². The third-order valence-electron chi connectivity index (χ3n) is 7.81. The van der Waals surface area contributed by atoms with Gasteiger partial charge in [-0.05, 0) is 58.0 Å². The van der Waals surface area contributed by atoms with E-state index >= 15 is 0 Å². The number of aromatic nitrogens is 2. The second-order valence-electron chi connectivity index (χ2n) is 12.3. The molecule has 0 radical (unpaired) electrons. The number of carbonyl (C=O) groups is 9. The topological polar surface area (TPSA) is 407 Å². The quantitative estimate of drug-likeness (QED) is 0.0356. The van der Waals surface area contributed by atoms with Gasteiger partial charge in [-0.1, -0.05) is 0 Å². The van der Waals surface area contributed by atoms with Gasteiger partial charge in [0, 0.05) is 24.7 Å². The SMILES string of the molecule is NCCCCC(NC(=O)C(CCC(N)=O)NC(=O)C(Cc1cnc[nH]1)NC(=O)C(CC(=O)O)NC(=O)C(CCCCN)NC(=O)C(N)CC(=O)O)C(=O)O. The highest BCUT2D eigenvalue weighted by molar-refractivity contribution is 5.98. The number of hydrogen-bond acceptors (Lipinski definition) is 13. The van der Waals surface area contributed by atoms with Crippen LogP contribution >= 0.6 is 0 Å². The number of aliphatic carboxylic acids is 3. The number of amides is 6. The monoisotopic (exact) mass is 769 g/mol. The first kappa shape index (κ1) is 46.3. The number of primary amides is 1. The maximum Gasteiger partial charge on any atom is 0.326 e. The summed E-state index contributed by atoms with van der Waals surface area (Å²) < 4.78 is 0. The van der Waals surface area contributed by atoms with E-state index in [1.807, 2.05) is 0 Å². The van der Waals surface area contributed by atoms with Crippen molar-refractivity contribution in [2.24, 2.45) is 22.9 Å². The molecule has 0 aliphatic heterocycles. The molecule has 0 aliphatic carbocycles. The van der Waals surface area contributed by atoms with Gasteiger partial charge in [-0.3, -0.25) is 38.4 Å². The summed E-state index contributed by atoms with van der Waals surface area (Å²) in [7, 11) is 0. The third-order valence-corrected chi connectivity index (χ3v) is 7.81. The van der Waals surface area contributed by atoms with Crippen LogP contribution in [0.3, 0.4) is 0 Å². The number of hydrogen-bond donors (Lipinski definition) is 13. The molecule has 302 valence electrons. The zero-order chi connectivity index (χ0) is 40.8. The molecule has 0 bridgehead atoms. The maximum atomic E-state index is 13.7. The van der Waals surface area contributed by atoms with Crippen LogP contribution in [0.2, 0.25) is 0 Å². The van der Waals surface area contributed by atoms with Gasteiger partial charge in [-0.2, -0.15) is 0 Å². The van der Waals surface area contributed by atoms with E-state index in [1.165, 1.54) is 12.5 Å². The number of rotatable bonds is 28. The molecular weight excluding hydrogens is 718 g/mol. The number of nitrogens with two attached hydrogens (primary N) is 4. The standard InChI is InChI=1S/C31H51N11O12/c32-9-3-1-5-18(38-26(48)17(34)12-24(44)45)27(49)42-22(13-25(46)47)30(52)41-21(11-16-14-36-15-37-16)29(51)39-19(7-8-23(35)43)28(50)40-20(31(53)54)6-2-4-10-33/h14-15,17-22H,1-13,32-34H2,(H2,35,43)(H,36,37)(H,38,48)(H,39,51)(H,40,50)(H,41,52)(H,42,49)(H,44,45)(H,46,47)(H,53,54). The molecule has 1 rings (SSSR count). The molecule has 0 aliphatic rings. The summed E-state index contributed by atoms with van der Waals surface area (Å²) in [6, 6.07) is -9.24. The van der Waals surface area contributed by atoms with Crippen LogP contribution in [0.4, 0.5) is 0 Å². The van der Waals surface area contributed by atoms with Gasteiger partial charge in [-0.15, -0.1) is 0 Å². The Bertz CT molecular complexity index is 1440. The first-order chi connectivity index (χ1) is 25.5. The smallest absolute Gasteiger partial charge is 0.326 e. The molecule has 23 nitrogen and oxygen atoms in total. The fourth-order valence-electron chi connectivity index (χ4n) is 4.93. The number of carbonyl (C=O) groups excluding carboxylic acids is 6. The lowest BCUT2D eigenvalue weighted by Crippen LogP contribution is -2.60. The Balaban J connectivity index is 3.35. The molecule has 6 unspecified atom stereocenters. The summed E-state index contributed by atoms with van der Waals surface area (Å²) in [5, 5.41) is 39.7. The van der Waals surface area contributed by atoms with E-state index in [1.54, 1.807) is 0 Å². The van der Waals surface area contributed by atoms with Gasteiger partial charge >= 0.3 is 17.9 Å². The van der Waals surface area contributed by atoms with Gasteiger partial charge < -0.3 is 69.8 Å². The van der Waals surface area contributed by atoms with E-state index < -0.39 is 109 Å². The minimum atomic E-state index is -1.84. The summed E-state index contributed by atoms with van der Waals surface area (Å²) in [5.74, 6) is -10.3. The Hall–Kier alpha value is -5.68. The maximum absolute atomic E-state index is 13.7. The first-order valence-electron chi connectivity index (χ1n) is 17.1. The lowest BCUT2D eigenvalue weighted by molar-refractivity contribution is -0.142. The van der Waals surface area contributed by atoms with Crippen molar-refractivity contribution in [1.29, 1.82) is 0 Å². The van der Waals surface area contributed by atoms with Crippen LogP contribution in [0.1, 0.15) is 69.9 Å². The number of H-pyrrole nitrogens is 1. The summed E-state index contributed by atoms with van der Waals surface area (Å²) in [5.41, 5.74) is 22.1. The van der Waals surface area contributed by atoms with Crippen molar-refractivity contribution in [3.63, 3.8) is 0 Å². The van der Waals surface area contributed by atoms with Crippen LogP contribution in [0, 0.1) is 0 Å². The van der Waals surface area contributed by atoms with E-state index in [9.17, 15) is 53.4 Å². The minimum Gasteiger partial charge on any atom is -0.481 e. The number of nitrogens with zero attached hydrogens (tertiary/aromatic N) is 1. The third kappa shape index (κ3) is 18.2. The number of imidazole rings is 1. The second kappa shape index (κ2) is 24.5. The molecule has 0 fully saturated rings. The van der Waals surface area contributed by atoms with Crippen molar-refractivity contribution in [2.75, 3.05) is 13.1 Å². The zero-order valence-corrected chi connectivity index (χ0v) is 29.6. The molecule has 0 saturated heterocycles. The van der Waals surface area contributed by atoms with Crippen LogP contribution in [0.5, 0.6) is 0 Å². The number of carboxylic acids is 3. The van der Waals surface area contributed by atoms with Gasteiger partial charge in [0.15, 0.2) is 0 Å². The highest BCUT2D eigenvalue weighted by Gasteiger charge is 2.34. The van der Waals surface area contributed by atoms with Gasteiger partial charge in [0.1, 0.15) is 30.2 Å². The summed E-state index contributed by atoms with van der Waals surface area (Å²) in [4.78, 5) is 119. The van der Waals surface area contributed by atoms with Gasteiger partial charge in [0.05, 0.1) is 25.2 Å². The molecule has 1 aromatic heterocycles. The second-order valence-corrected chi connectivity index (χ2v) is 12.3. The van der Waals surface area contributed by atoms with Crippen LogP contribution in [0.15, 0.2) is 12.5 Å². The predicted octanol–water partition coefficient (Wildman–Crippen LogP) is -4.74. The molecule has 0 aromatic carbocycles. The average molecular weight is 770 g/mol. The fraction of sp³-hybridized carbons (Fsp3) is 0.613. The first-order valence-corrected chi connectivity index (χ1v) is 17.1. The van der Waals surface area contributed by atoms with Crippen LogP contribution in [-0.2, 0) is 49.6 Å². The number of carboxylic acid groups (broad SMARTS) is 3. The Labute approximate surface area is 309 Å². The highest BCUT2D eigenvalue weighted by Crippen LogP contribution is 2.08. The Morgan fingerprint density at radius 1 is 0.630 bits per heavy atom. The number of unbranched alkanes of at least 4 members (excludes halogenated alkanes) is 2. The van der Waals surface area contributed by atoms with E-state index in [0.717, 1.165) is 0 Å². The molecular formula is C31H51N11O12. The number of nitrogens with one attached hydrogen (secondary N) is 6.